The highest BCUT2D eigenvalue weighted by atomic mass is 16.3. The third-order valence-electron chi connectivity index (χ3n) is 12.4. The number of nitrogens with one attached hydrogen (secondary N) is 1. The minimum atomic E-state index is -1.07. The summed E-state index contributed by atoms with van der Waals surface area (Å²) in [4.78, 5) is 12.5. The van der Waals surface area contributed by atoms with E-state index in [4.69, 9.17) is 0 Å². The van der Waals surface area contributed by atoms with Crippen LogP contribution in [0.1, 0.15) is 290 Å². The van der Waals surface area contributed by atoms with Gasteiger partial charge in [0.05, 0.1) is 18.8 Å². The number of aliphatic hydroxyl groups is 3. The number of carbonyl (C=O) groups excluding carboxylic acids is 1. The Morgan fingerprint density at radius 2 is 0.667 bits per heavy atom. The first-order chi connectivity index (χ1) is 28.1. The molecular formula is C52H103NO4. The first kappa shape index (κ1) is 56.1. The molecule has 0 rings (SSSR count). The molecule has 0 aromatic carbocycles. The van der Waals surface area contributed by atoms with Crippen LogP contribution in [-0.4, -0.2) is 46.1 Å². The summed E-state index contributed by atoms with van der Waals surface area (Å²) in [6.45, 7) is 4.24. The molecule has 0 spiro atoms. The van der Waals surface area contributed by atoms with Gasteiger partial charge in [-0.15, -0.1) is 0 Å². The van der Waals surface area contributed by atoms with Crippen LogP contribution in [0.15, 0.2) is 12.2 Å². The number of hydrogen-bond donors (Lipinski definition) is 4. The molecule has 57 heavy (non-hydrogen) atoms. The van der Waals surface area contributed by atoms with Crippen molar-refractivity contribution in [2.45, 2.75) is 308 Å². The summed E-state index contributed by atoms with van der Waals surface area (Å²) in [5.74, 6) is -0.467. The third kappa shape index (κ3) is 43.0. The maximum absolute atomic E-state index is 12.5. The second-order valence-electron chi connectivity index (χ2n) is 18.1. The molecule has 0 heterocycles. The smallest absolute Gasteiger partial charge is 0.249 e. The summed E-state index contributed by atoms with van der Waals surface area (Å²) >= 11 is 0. The van der Waals surface area contributed by atoms with Crippen molar-refractivity contribution in [2.24, 2.45) is 0 Å². The molecule has 1 amide bonds. The quantitative estimate of drug-likeness (QED) is 0.0364. The Kier molecular flexibility index (Phi) is 47.0. The predicted molar refractivity (Wildman–Crippen MR) is 250 cm³/mol. The Morgan fingerprint density at radius 3 is 0.965 bits per heavy atom. The number of rotatable bonds is 48. The first-order valence-corrected chi connectivity index (χ1v) is 26.0. The molecule has 3 atom stereocenters. The fourth-order valence-electron chi connectivity index (χ4n) is 8.31. The lowest BCUT2D eigenvalue weighted by Crippen LogP contribution is -2.49. The van der Waals surface area contributed by atoms with Gasteiger partial charge >= 0.3 is 0 Å². The molecule has 0 aromatic heterocycles. The zero-order chi connectivity index (χ0) is 41.5. The number of amides is 1. The van der Waals surface area contributed by atoms with Gasteiger partial charge in [0.15, 0.2) is 0 Å². The zero-order valence-electron chi connectivity index (χ0n) is 38.7. The average molecular weight is 806 g/mol. The molecule has 3 unspecified atom stereocenters. The third-order valence-corrected chi connectivity index (χ3v) is 12.4. The molecule has 340 valence electrons. The molecule has 4 N–H and O–H groups in total. The number of aliphatic hydroxyl groups excluding tert-OH is 3. The van der Waals surface area contributed by atoms with Crippen molar-refractivity contribution >= 4 is 5.91 Å². The van der Waals surface area contributed by atoms with Crippen molar-refractivity contribution in [3.05, 3.63) is 12.2 Å². The molecule has 5 nitrogen and oxygen atoms in total. The van der Waals surface area contributed by atoms with Crippen LogP contribution in [0.25, 0.3) is 0 Å². The molecular weight excluding hydrogens is 703 g/mol. The van der Waals surface area contributed by atoms with Gasteiger partial charge in [0, 0.05) is 0 Å². The van der Waals surface area contributed by atoms with E-state index in [2.05, 4.69) is 31.3 Å². The monoisotopic (exact) mass is 806 g/mol. The van der Waals surface area contributed by atoms with Crippen LogP contribution in [0.5, 0.6) is 0 Å². The van der Waals surface area contributed by atoms with Gasteiger partial charge in [-0.3, -0.25) is 4.79 Å². The summed E-state index contributed by atoms with van der Waals surface area (Å²) in [5.41, 5.74) is 0. The van der Waals surface area contributed by atoms with Gasteiger partial charge in [-0.05, 0) is 38.5 Å². The van der Waals surface area contributed by atoms with Crippen molar-refractivity contribution in [1.29, 1.82) is 0 Å². The Morgan fingerprint density at radius 1 is 0.404 bits per heavy atom. The molecule has 0 bridgehead atoms. The van der Waals surface area contributed by atoms with Gasteiger partial charge in [0.2, 0.25) is 5.91 Å². The van der Waals surface area contributed by atoms with E-state index >= 15 is 0 Å². The fourth-order valence-corrected chi connectivity index (χ4v) is 8.31. The van der Waals surface area contributed by atoms with E-state index < -0.39 is 24.2 Å². The maximum atomic E-state index is 12.5. The molecule has 0 aliphatic rings. The SMILES string of the molecule is CCCCCCCCCCCCCC/C=C\CCCCCCCCCCCCCCCCCCC(O)C(=O)NC(CO)C(O)CCCCCCCCCCCCC. The van der Waals surface area contributed by atoms with Gasteiger partial charge in [-0.2, -0.15) is 0 Å². The van der Waals surface area contributed by atoms with E-state index in [-0.39, 0.29) is 6.61 Å². The summed E-state index contributed by atoms with van der Waals surface area (Å²) in [5, 5.41) is 33.3. The zero-order valence-corrected chi connectivity index (χ0v) is 38.7. The largest absolute Gasteiger partial charge is 0.394 e. The summed E-state index contributed by atoms with van der Waals surface area (Å²) in [6, 6.07) is -0.707. The Balaban J connectivity index is 3.45. The number of unbranched alkanes of at least 4 members (excludes halogenated alkanes) is 38. The van der Waals surface area contributed by atoms with Gasteiger partial charge < -0.3 is 20.6 Å². The lowest BCUT2D eigenvalue weighted by Gasteiger charge is -2.23. The number of allylic oxidation sites excluding steroid dienone is 2. The van der Waals surface area contributed by atoms with Crippen molar-refractivity contribution in [3.63, 3.8) is 0 Å². The minimum Gasteiger partial charge on any atom is -0.394 e. The molecule has 0 fully saturated rings. The van der Waals surface area contributed by atoms with E-state index in [0.29, 0.717) is 12.8 Å². The molecule has 0 aliphatic heterocycles. The van der Waals surface area contributed by atoms with Crippen LogP contribution < -0.4 is 5.32 Å². The molecule has 0 radical (unpaired) electrons. The van der Waals surface area contributed by atoms with Crippen molar-refractivity contribution in [3.8, 4) is 0 Å². The van der Waals surface area contributed by atoms with Crippen LogP contribution >= 0.6 is 0 Å². The summed E-state index contributed by atoms with van der Waals surface area (Å²) in [7, 11) is 0. The summed E-state index contributed by atoms with van der Waals surface area (Å²) < 4.78 is 0. The normalized spacial score (nSPS) is 13.4. The Labute approximate surface area is 357 Å². The van der Waals surface area contributed by atoms with Gasteiger partial charge in [0.1, 0.15) is 6.10 Å². The van der Waals surface area contributed by atoms with E-state index in [0.717, 1.165) is 32.1 Å². The van der Waals surface area contributed by atoms with Crippen molar-refractivity contribution in [1.82, 2.24) is 5.32 Å². The average Bonchev–Trinajstić information content (AvgIpc) is 3.22. The molecule has 0 saturated carbocycles. The highest BCUT2D eigenvalue weighted by Crippen LogP contribution is 2.17. The molecule has 5 heteroatoms. The van der Waals surface area contributed by atoms with Crippen LogP contribution in [-0.2, 0) is 4.79 Å². The number of carbonyl (C=O) groups is 1. The van der Waals surface area contributed by atoms with E-state index in [1.807, 2.05) is 0 Å². The van der Waals surface area contributed by atoms with Crippen LogP contribution in [0.2, 0.25) is 0 Å². The highest BCUT2D eigenvalue weighted by molar-refractivity contribution is 5.80. The topological polar surface area (TPSA) is 89.8 Å². The Bertz CT molecular complexity index is 803. The second kappa shape index (κ2) is 47.8. The number of hydrogen-bond acceptors (Lipinski definition) is 4. The minimum absolute atomic E-state index is 0.310. The second-order valence-corrected chi connectivity index (χ2v) is 18.1. The van der Waals surface area contributed by atoms with E-state index in [9.17, 15) is 20.1 Å². The molecule has 0 aromatic rings. The lowest BCUT2D eigenvalue weighted by atomic mass is 10.0. The lowest BCUT2D eigenvalue weighted by molar-refractivity contribution is -0.131. The van der Waals surface area contributed by atoms with Crippen LogP contribution in [0, 0.1) is 0 Å². The van der Waals surface area contributed by atoms with Gasteiger partial charge in [-0.25, -0.2) is 0 Å². The predicted octanol–water partition coefficient (Wildman–Crippen LogP) is 15.6. The van der Waals surface area contributed by atoms with E-state index in [1.165, 1.54) is 231 Å². The highest BCUT2D eigenvalue weighted by Gasteiger charge is 2.23. The fraction of sp³-hybridized carbons (Fsp3) is 0.942. The van der Waals surface area contributed by atoms with Crippen molar-refractivity contribution < 1.29 is 20.1 Å². The molecule has 0 saturated heterocycles. The maximum Gasteiger partial charge on any atom is 0.249 e. The van der Waals surface area contributed by atoms with Crippen LogP contribution in [0.3, 0.4) is 0 Å². The van der Waals surface area contributed by atoms with Crippen LogP contribution in [0.4, 0.5) is 0 Å². The Hall–Kier alpha value is -0.910. The van der Waals surface area contributed by atoms with Gasteiger partial charge in [-0.1, -0.05) is 264 Å². The van der Waals surface area contributed by atoms with E-state index in [1.54, 1.807) is 0 Å². The van der Waals surface area contributed by atoms with Gasteiger partial charge in [0.25, 0.3) is 0 Å². The van der Waals surface area contributed by atoms with Crippen molar-refractivity contribution in [2.75, 3.05) is 6.61 Å². The summed E-state index contributed by atoms with van der Waals surface area (Å²) in [6.07, 6.45) is 58.3. The standard InChI is InChI=1S/C52H103NO4/c1-3-5-7-9-11-13-15-16-17-18-19-20-21-22-23-24-25-26-27-28-29-30-31-32-33-34-35-37-39-41-43-45-47-51(56)52(57)53-49(48-54)50(55)46-44-42-40-38-36-14-12-10-8-6-4-2/h22-23,49-51,54-56H,3-21,24-48H2,1-2H3,(H,53,57)/b23-22-. The molecule has 0 aliphatic carbocycles. The first-order valence-electron chi connectivity index (χ1n) is 26.0.